The molecule has 4 rings (SSSR count). The number of anilines is 1. The molecule has 0 aliphatic carbocycles. The van der Waals surface area contributed by atoms with Gasteiger partial charge in [-0.25, -0.2) is 19.6 Å². The van der Waals surface area contributed by atoms with E-state index in [1.165, 1.54) is 0 Å². The van der Waals surface area contributed by atoms with Crippen molar-refractivity contribution in [2.75, 3.05) is 12.3 Å². The monoisotopic (exact) mass is 349 g/mol. The number of carbonyl (C=O) groups is 1. The van der Waals surface area contributed by atoms with Crippen LogP contribution in [0.5, 0.6) is 0 Å². The van der Waals surface area contributed by atoms with Crippen molar-refractivity contribution in [3.05, 3.63) is 59.9 Å². The second-order valence-corrected chi connectivity index (χ2v) is 6.28. The maximum absolute atomic E-state index is 13.0. The Labute approximate surface area is 150 Å². The van der Waals surface area contributed by atoms with Gasteiger partial charge in [0.25, 0.3) is 5.91 Å². The first kappa shape index (κ1) is 16.2. The van der Waals surface area contributed by atoms with Crippen molar-refractivity contribution < 1.29 is 4.79 Å². The highest BCUT2D eigenvalue weighted by Crippen LogP contribution is 2.32. The predicted molar refractivity (Wildman–Crippen MR) is 95.6 cm³/mol. The van der Waals surface area contributed by atoms with Gasteiger partial charge in [0.05, 0.1) is 17.3 Å². The summed E-state index contributed by atoms with van der Waals surface area (Å²) in [5, 5.41) is 4.14. The smallest absolute Gasteiger partial charge is 0.255 e. The number of likely N-dealkylation sites (tertiary alicyclic amines) is 1. The minimum absolute atomic E-state index is 0.0538. The molecular weight excluding hydrogens is 330 g/mol. The Kier molecular flexibility index (Phi) is 4.08. The zero-order valence-electron chi connectivity index (χ0n) is 14.4. The number of hydrogen-bond donors (Lipinski definition) is 1. The number of aromatic nitrogens is 5. The maximum atomic E-state index is 13.0. The second kappa shape index (κ2) is 6.55. The molecule has 2 N–H and O–H groups in total. The number of amides is 1. The first-order valence-corrected chi connectivity index (χ1v) is 8.50. The first-order valence-electron chi connectivity index (χ1n) is 8.50. The molecule has 4 heterocycles. The van der Waals surface area contributed by atoms with Gasteiger partial charge in [0, 0.05) is 31.2 Å². The fraction of sp³-hybridized carbons (Fsp3) is 0.278. The van der Waals surface area contributed by atoms with E-state index >= 15 is 0 Å². The number of nitrogens with two attached hydrogens (primary N) is 1. The van der Waals surface area contributed by atoms with Crippen LogP contribution in [0.1, 0.15) is 40.8 Å². The van der Waals surface area contributed by atoms with E-state index in [9.17, 15) is 4.79 Å². The quantitative estimate of drug-likeness (QED) is 0.775. The van der Waals surface area contributed by atoms with Gasteiger partial charge in [-0.1, -0.05) is 0 Å². The summed E-state index contributed by atoms with van der Waals surface area (Å²) >= 11 is 0. The number of hydrogen-bond acceptors (Lipinski definition) is 6. The molecule has 0 radical (unpaired) electrons. The Morgan fingerprint density at radius 2 is 2.19 bits per heavy atom. The van der Waals surface area contributed by atoms with Crippen LogP contribution in [0.4, 0.5) is 5.82 Å². The average molecular weight is 349 g/mol. The van der Waals surface area contributed by atoms with Gasteiger partial charge in [0.2, 0.25) is 0 Å². The third kappa shape index (κ3) is 3.01. The van der Waals surface area contributed by atoms with Crippen molar-refractivity contribution in [1.29, 1.82) is 0 Å². The van der Waals surface area contributed by atoms with Crippen LogP contribution in [0.25, 0.3) is 5.82 Å². The minimum Gasteiger partial charge on any atom is -0.384 e. The number of pyridine rings is 1. The molecule has 1 saturated heterocycles. The van der Waals surface area contributed by atoms with Crippen LogP contribution in [-0.2, 0) is 0 Å². The van der Waals surface area contributed by atoms with Crippen LogP contribution < -0.4 is 5.73 Å². The Hall–Kier alpha value is -3.29. The van der Waals surface area contributed by atoms with Gasteiger partial charge in [0.15, 0.2) is 5.82 Å². The molecule has 132 valence electrons. The summed E-state index contributed by atoms with van der Waals surface area (Å²) < 4.78 is 1.65. The van der Waals surface area contributed by atoms with Gasteiger partial charge in [0.1, 0.15) is 11.6 Å². The van der Waals surface area contributed by atoms with Gasteiger partial charge in [-0.05, 0) is 38.0 Å². The lowest BCUT2D eigenvalue weighted by atomic mass is 10.1. The number of nitrogens with zero attached hydrogens (tertiary/aromatic N) is 6. The fourth-order valence-electron chi connectivity index (χ4n) is 3.32. The van der Waals surface area contributed by atoms with Crippen molar-refractivity contribution in [2.45, 2.75) is 25.8 Å². The third-order valence-corrected chi connectivity index (χ3v) is 4.47. The van der Waals surface area contributed by atoms with E-state index in [0.29, 0.717) is 29.6 Å². The normalized spacial score (nSPS) is 16.8. The topological polar surface area (TPSA) is 103 Å². The number of aryl methyl sites for hydroxylation is 1. The molecule has 1 amide bonds. The Balaban J connectivity index is 1.58. The summed E-state index contributed by atoms with van der Waals surface area (Å²) in [6, 6.07) is 7.06. The number of rotatable bonds is 3. The molecule has 0 bridgehead atoms. The Morgan fingerprint density at radius 3 is 2.88 bits per heavy atom. The third-order valence-electron chi connectivity index (χ3n) is 4.47. The van der Waals surface area contributed by atoms with Gasteiger partial charge in [-0.15, -0.1) is 0 Å². The average Bonchev–Trinajstić information content (AvgIpc) is 3.32. The zero-order chi connectivity index (χ0) is 18.1. The van der Waals surface area contributed by atoms with Gasteiger partial charge >= 0.3 is 0 Å². The molecule has 1 aliphatic heterocycles. The SMILES string of the molecule is Cc1nc(N)cc(C2CCCN2C(=O)c2ccc(-n3cccn3)nc2)n1. The standard InChI is InChI=1S/C18H19N7O/c1-12-22-14(10-16(19)23-12)15-4-2-8-24(15)18(26)13-5-6-17(20-11-13)25-9-3-7-21-25/h3,5-7,9-11,15H,2,4,8H2,1H3,(H2,19,22,23). The van der Waals surface area contributed by atoms with Crippen molar-refractivity contribution in [2.24, 2.45) is 0 Å². The zero-order valence-corrected chi connectivity index (χ0v) is 14.4. The van der Waals surface area contributed by atoms with Crippen LogP contribution in [-0.4, -0.2) is 42.1 Å². The molecule has 3 aromatic rings. The van der Waals surface area contributed by atoms with E-state index in [4.69, 9.17) is 5.73 Å². The molecule has 1 atom stereocenters. The van der Waals surface area contributed by atoms with E-state index in [-0.39, 0.29) is 11.9 Å². The van der Waals surface area contributed by atoms with Crippen LogP contribution in [0.2, 0.25) is 0 Å². The van der Waals surface area contributed by atoms with Crippen molar-refractivity contribution in [1.82, 2.24) is 29.6 Å². The summed E-state index contributed by atoms with van der Waals surface area (Å²) in [5.74, 6) is 1.66. The van der Waals surface area contributed by atoms with Gasteiger partial charge < -0.3 is 10.6 Å². The molecular formula is C18H19N7O. The summed E-state index contributed by atoms with van der Waals surface area (Å²) in [7, 11) is 0. The summed E-state index contributed by atoms with van der Waals surface area (Å²) in [4.78, 5) is 27.8. The number of nitrogen functional groups attached to an aromatic ring is 1. The molecule has 8 heteroatoms. The molecule has 8 nitrogen and oxygen atoms in total. The lowest BCUT2D eigenvalue weighted by Gasteiger charge is -2.24. The lowest BCUT2D eigenvalue weighted by Crippen LogP contribution is -2.31. The van der Waals surface area contributed by atoms with E-state index in [2.05, 4.69) is 20.1 Å². The van der Waals surface area contributed by atoms with Crippen molar-refractivity contribution >= 4 is 11.7 Å². The second-order valence-electron chi connectivity index (χ2n) is 6.28. The summed E-state index contributed by atoms with van der Waals surface area (Å²) in [5.41, 5.74) is 7.19. The summed E-state index contributed by atoms with van der Waals surface area (Å²) in [6.07, 6.45) is 6.88. The molecule has 3 aromatic heterocycles. The highest BCUT2D eigenvalue weighted by molar-refractivity contribution is 5.94. The highest BCUT2D eigenvalue weighted by atomic mass is 16.2. The summed E-state index contributed by atoms with van der Waals surface area (Å²) in [6.45, 7) is 2.49. The largest absolute Gasteiger partial charge is 0.384 e. The fourth-order valence-corrected chi connectivity index (χ4v) is 3.32. The molecule has 1 fully saturated rings. The highest BCUT2D eigenvalue weighted by Gasteiger charge is 2.32. The lowest BCUT2D eigenvalue weighted by molar-refractivity contribution is 0.0732. The molecule has 0 spiro atoms. The molecule has 1 unspecified atom stereocenters. The Bertz CT molecular complexity index is 901. The number of carbonyl (C=O) groups excluding carboxylic acids is 1. The Morgan fingerprint density at radius 1 is 1.31 bits per heavy atom. The van der Waals surface area contributed by atoms with Crippen molar-refractivity contribution in [3.63, 3.8) is 0 Å². The first-order chi connectivity index (χ1) is 12.6. The van der Waals surface area contributed by atoms with Gasteiger partial charge in [-0.3, -0.25) is 4.79 Å². The maximum Gasteiger partial charge on any atom is 0.255 e. The molecule has 26 heavy (non-hydrogen) atoms. The van der Waals surface area contributed by atoms with Crippen LogP contribution >= 0.6 is 0 Å². The molecule has 1 aliphatic rings. The van der Waals surface area contributed by atoms with E-state index in [1.54, 1.807) is 42.2 Å². The van der Waals surface area contributed by atoms with Gasteiger partial charge in [-0.2, -0.15) is 5.10 Å². The van der Waals surface area contributed by atoms with E-state index in [0.717, 1.165) is 18.5 Å². The van der Waals surface area contributed by atoms with E-state index in [1.807, 2.05) is 17.2 Å². The minimum atomic E-state index is -0.0858. The predicted octanol–water partition coefficient (Wildman–Crippen LogP) is 1.93. The van der Waals surface area contributed by atoms with Crippen LogP contribution in [0, 0.1) is 6.92 Å². The van der Waals surface area contributed by atoms with Crippen molar-refractivity contribution in [3.8, 4) is 5.82 Å². The molecule has 0 saturated carbocycles. The van der Waals surface area contributed by atoms with Crippen LogP contribution in [0.15, 0.2) is 42.9 Å². The van der Waals surface area contributed by atoms with E-state index < -0.39 is 0 Å². The van der Waals surface area contributed by atoms with Crippen LogP contribution in [0.3, 0.4) is 0 Å². The molecule has 0 aromatic carbocycles.